The van der Waals surface area contributed by atoms with Gasteiger partial charge in [0.15, 0.2) is 0 Å². The summed E-state index contributed by atoms with van der Waals surface area (Å²) in [4.78, 5) is 0. The van der Waals surface area contributed by atoms with Crippen molar-refractivity contribution < 1.29 is 13.2 Å². The van der Waals surface area contributed by atoms with Gasteiger partial charge < -0.3 is 0 Å². The second-order valence-electron chi connectivity index (χ2n) is 1.84. The van der Waals surface area contributed by atoms with E-state index in [1.807, 2.05) is 0 Å². The maximum atomic E-state index is 11.5. The molecule has 2 nitrogen and oxygen atoms in total. The first-order valence-corrected chi connectivity index (χ1v) is 2.83. The highest BCUT2D eigenvalue weighted by atomic mass is 19.4. The molecule has 0 radical (unpaired) electrons. The van der Waals surface area contributed by atoms with E-state index in [4.69, 9.17) is 0 Å². The Morgan fingerprint density at radius 2 is 2.09 bits per heavy atom. The Morgan fingerprint density at radius 1 is 1.36 bits per heavy atom. The zero-order valence-corrected chi connectivity index (χ0v) is 5.42. The Hall–Kier alpha value is -1.26. The lowest BCUT2D eigenvalue weighted by Gasteiger charge is -1.96. The van der Waals surface area contributed by atoms with E-state index in [1.54, 1.807) is 6.07 Å². The molecule has 1 aromatic heterocycles. The molecule has 0 saturated heterocycles. The minimum atomic E-state index is -4.27. The fourth-order valence-corrected chi connectivity index (χ4v) is 0.530. The number of hydrogen-bond donors (Lipinski definition) is 0. The third kappa shape index (κ3) is 2.88. The highest BCUT2D eigenvalue weighted by molar-refractivity contribution is 5.21. The van der Waals surface area contributed by atoms with Crippen molar-refractivity contribution >= 4 is 6.20 Å². The molecule has 0 N–H and O–H groups in total. The number of halogens is 3. The lowest BCUT2D eigenvalue weighted by Crippen LogP contribution is -2.01. The van der Waals surface area contributed by atoms with Gasteiger partial charge in [0.25, 0.3) is 0 Å². The predicted molar refractivity (Wildman–Crippen MR) is 33.6 cm³/mol. The van der Waals surface area contributed by atoms with Gasteiger partial charge in [-0.1, -0.05) is 0 Å². The molecule has 0 spiro atoms. The average Bonchev–Trinajstić information content (AvgIpc) is 2.32. The van der Waals surface area contributed by atoms with Crippen LogP contribution in [0.25, 0.3) is 6.20 Å². The molecule has 0 aliphatic rings. The molecule has 0 amide bonds. The van der Waals surface area contributed by atoms with Gasteiger partial charge in [-0.2, -0.15) is 18.3 Å². The normalized spacial score (nSPS) is 12.6. The number of alkyl halides is 3. The summed E-state index contributed by atoms with van der Waals surface area (Å²) < 4.78 is 35.6. The van der Waals surface area contributed by atoms with Crippen molar-refractivity contribution in [2.75, 3.05) is 0 Å². The number of nitrogens with zero attached hydrogens (tertiary/aromatic N) is 2. The van der Waals surface area contributed by atoms with Gasteiger partial charge in [-0.15, -0.1) is 0 Å². The van der Waals surface area contributed by atoms with Crippen molar-refractivity contribution in [3.8, 4) is 0 Å². The highest BCUT2D eigenvalue weighted by Gasteiger charge is 2.21. The van der Waals surface area contributed by atoms with Gasteiger partial charge in [-0.25, -0.2) is 4.68 Å². The quantitative estimate of drug-likeness (QED) is 0.616. The zero-order chi connectivity index (χ0) is 8.32. The van der Waals surface area contributed by atoms with Crippen LogP contribution in [0.2, 0.25) is 0 Å². The topological polar surface area (TPSA) is 17.8 Å². The maximum Gasteiger partial charge on any atom is 0.411 e. The second kappa shape index (κ2) is 2.77. The molecule has 5 heteroatoms. The van der Waals surface area contributed by atoms with Crippen LogP contribution >= 0.6 is 0 Å². The summed E-state index contributed by atoms with van der Waals surface area (Å²) in [6, 6.07) is 1.54. The number of hydrogen-bond acceptors (Lipinski definition) is 1. The molecule has 0 unspecified atom stereocenters. The van der Waals surface area contributed by atoms with Gasteiger partial charge in [0.2, 0.25) is 0 Å². The van der Waals surface area contributed by atoms with Crippen LogP contribution in [0, 0.1) is 0 Å². The summed E-state index contributed by atoms with van der Waals surface area (Å²) in [5.74, 6) is 0. The van der Waals surface area contributed by atoms with Gasteiger partial charge in [0.05, 0.1) is 0 Å². The summed E-state index contributed by atoms with van der Waals surface area (Å²) in [5.41, 5.74) is 0. The fraction of sp³-hybridized carbons (Fsp3) is 0.167. The Balaban J connectivity index is 2.63. The largest absolute Gasteiger partial charge is 0.411 e. The lowest BCUT2D eigenvalue weighted by molar-refractivity contribution is -0.0792. The summed E-state index contributed by atoms with van der Waals surface area (Å²) in [6.45, 7) is 0. The van der Waals surface area contributed by atoms with E-state index in [1.165, 1.54) is 12.4 Å². The van der Waals surface area contributed by atoms with Crippen LogP contribution in [-0.2, 0) is 0 Å². The van der Waals surface area contributed by atoms with E-state index in [2.05, 4.69) is 5.10 Å². The van der Waals surface area contributed by atoms with Crippen LogP contribution in [-0.4, -0.2) is 16.0 Å². The summed E-state index contributed by atoms with van der Waals surface area (Å²) in [5, 5.41) is 3.55. The summed E-state index contributed by atoms with van der Waals surface area (Å²) in [6.07, 6.45) is -0.477. The second-order valence-corrected chi connectivity index (χ2v) is 1.84. The van der Waals surface area contributed by atoms with E-state index in [0.717, 1.165) is 10.9 Å². The minimum Gasteiger partial charge on any atom is -0.248 e. The summed E-state index contributed by atoms with van der Waals surface area (Å²) in [7, 11) is 0. The third-order valence-electron chi connectivity index (χ3n) is 0.941. The number of aromatic nitrogens is 2. The van der Waals surface area contributed by atoms with Crippen molar-refractivity contribution in [3.05, 3.63) is 24.5 Å². The van der Waals surface area contributed by atoms with Crippen LogP contribution in [0.3, 0.4) is 0 Å². The van der Waals surface area contributed by atoms with Gasteiger partial charge >= 0.3 is 6.18 Å². The van der Waals surface area contributed by atoms with Crippen molar-refractivity contribution in [2.45, 2.75) is 6.18 Å². The van der Waals surface area contributed by atoms with Crippen molar-refractivity contribution in [1.29, 1.82) is 0 Å². The molecule has 0 saturated carbocycles. The Kier molecular flexibility index (Phi) is 1.98. The van der Waals surface area contributed by atoms with E-state index >= 15 is 0 Å². The Morgan fingerprint density at radius 3 is 2.55 bits per heavy atom. The standard InChI is InChI=1S/C6H5F3N2/c7-6(8,9)2-5-11-4-1-3-10-11/h1-5H. The molecule has 1 rings (SSSR count). The van der Waals surface area contributed by atoms with Crippen LogP contribution in [0.15, 0.2) is 24.5 Å². The SMILES string of the molecule is FC(F)(F)C=Cn1cccn1. The van der Waals surface area contributed by atoms with Gasteiger partial charge in [-0.3, -0.25) is 0 Å². The molecule has 1 heterocycles. The van der Waals surface area contributed by atoms with E-state index in [-0.39, 0.29) is 6.08 Å². The molecule has 11 heavy (non-hydrogen) atoms. The molecular formula is C6H5F3N2. The summed E-state index contributed by atoms with van der Waals surface area (Å²) >= 11 is 0. The Bertz CT molecular complexity index is 235. The highest BCUT2D eigenvalue weighted by Crippen LogP contribution is 2.15. The lowest BCUT2D eigenvalue weighted by atomic mass is 10.6. The molecule has 0 aliphatic heterocycles. The third-order valence-corrected chi connectivity index (χ3v) is 0.941. The molecular weight excluding hydrogens is 157 g/mol. The van der Waals surface area contributed by atoms with Crippen LogP contribution in [0.5, 0.6) is 0 Å². The maximum absolute atomic E-state index is 11.5. The monoisotopic (exact) mass is 162 g/mol. The van der Waals surface area contributed by atoms with Crippen LogP contribution < -0.4 is 0 Å². The van der Waals surface area contributed by atoms with Gasteiger partial charge in [0.1, 0.15) is 0 Å². The molecule has 0 aromatic carbocycles. The van der Waals surface area contributed by atoms with Gasteiger partial charge in [0, 0.05) is 24.7 Å². The number of allylic oxidation sites excluding steroid dienone is 1. The predicted octanol–water partition coefficient (Wildman–Crippen LogP) is 1.92. The Labute approximate surface area is 60.9 Å². The fourth-order valence-electron chi connectivity index (χ4n) is 0.530. The van der Waals surface area contributed by atoms with Crippen molar-refractivity contribution in [3.63, 3.8) is 0 Å². The molecule has 60 valence electrons. The smallest absolute Gasteiger partial charge is 0.248 e. The number of rotatable bonds is 1. The zero-order valence-electron chi connectivity index (χ0n) is 5.42. The van der Waals surface area contributed by atoms with Crippen molar-refractivity contribution in [2.24, 2.45) is 0 Å². The molecule has 0 aliphatic carbocycles. The minimum absolute atomic E-state index is 0.125. The van der Waals surface area contributed by atoms with E-state index in [9.17, 15) is 13.2 Å². The first kappa shape index (κ1) is 7.84. The molecule has 0 atom stereocenters. The molecule has 0 bridgehead atoms. The first-order chi connectivity index (χ1) is 5.08. The molecule has 0 fully saturated rings. The van der Waals surface area contributed by atoms with Crippen LogP contribution in [0.1, 0.15) is 0 Å². The van der Waals surface area contributed by atoms with E-state index < -0.39 is 6.18 Å². The van der Waals surface area contributed by atoms with Crippen LogP contribution in [0.4, 0.5) is 13.2 Å². The van der Waals surface area contributed by atoms with E-state index in [0.29, 0.717) is 0 Å². The van der Waals surface area contributed by atoms with Crippen molar-refractivity contribution in [1.82, 2.24) is 9.78 Å². The first-order valence-electron chi connectivity index (χ1n) is 2.83. The average molecular weight is 162 g/mol. The molecule has 1 aromatic rings. The van der Waals surface area contributed by atoms with Gasteiger partial charge in [-0.05, 0) is 6.07 Å².